The van der Waals surface area contributed by atoms with Crippen LogP contribution >= 0.6 is 11.3 Å². The second-order valence-electron chi connectivity index (χ2n) is 14.8. The molecule has 5 heteroatoms. The summed E-state index contributed by atoms with van der Waals surface area (Å²) in [5.41, 5.74) is 13.7. The molecular formula is C51H30N4S. The highest BCUT2D eigenvalue weighted by molar-refractivity contribution is 7.26. The van der Waals surface area contributed by atoms with Gasteiger partial charge in [0, 0.05) is 53.8 Å². The first kappa shape index (κ1) is 30.2. The van der Waals surface area contributed by atoms with Crippen molar-refractivity contribution in [2.24, 2.45) is 0 Å². The Bertz CT molecular complexity index is 3540. The van der Waals surface area contributed by atoms with Crippen LogP contribution in [0.25, 0.3) is 114 Å². The van der Waals surface area contributed by atoms with Gasteiger partial charge in [-0.1, -0.05) is 115 Å². The standard InChI is InChI=1S/C51H30N4S/c1-2-18-40-39(17-1)50-49(55-47-24-12-7-19-42(47)52-51(40)55)41-29-31(25-26-48(41)56-50)32-27-33(53-43-20-8-3-13-35(43)36-14-4-9-21-44(36)53)30-34(28-32)54-45-22-10-5-15-37(45)38-16-6-11-23-46(38)54/h1-30H. The zero-order chi connectivity index (χ0) is 36.5. The molecule has 0 spiro atoms. The lowest BCUT2D eigenvalue weighted by molar-refractivity contribution is 1.13. The third kappa shape index (κ3) is 4.04. The van der Waals surface area contributed by atoms with Crippen molar-refractivity contribution in [1.82, 2.24) is 18.5 Å². The van der Waals surface area contributed by atoms with Crippen LogP contribution in [0.3, 0.4) is 0 Å². The summed E-state index contributed by atoms with van der Waals surface area (Å²) in [6.07, 6.45) is 0. The van der Waals surface area contributed by atoms with Crippen molar-refractivity contribution in [2.75, 3.05) is 0 Å². The smallest absolute Gasteiger partial charge is 0.146 e. The van der Waals surface area contributed by atoms with Crippen molar-refractivity contribution in [2.45, 2.75) is 0 Å². The average Bonchev–Trinajstić information content (AvgIpc) is 4.01. The number of thiophene rings is 1. The average molecular weight is 731 g/mol. The highest BCUT2D eigenvalue weighted by Gasteiger charge is 2.20. The van der Waals surface area contributed by atoms with Gasteiger partial charge >= 0.3 is 0 Å². The molecule has 0 aliphatic rings. The Hall–Kier alpha value is -7.21. The summed E-state index contributed by atoms with van der Waals surface area (Å²) < 4.78 is 9.83. The lowest BCUT2D eigenvalue weighted by Gasteiger charge is -2.16. The van der Waals surface area contributed by atoms with E-state index in [1.807, 2.05) is 11.3 Å². The molecule has 0 aliphatic heterocycles. The highest BCUT2D eigenvalue weighted by atomic mass is 32.1. The molecule has 8 aromatic carbocycles. The molecule has 0 saturated heterocycles. The third-order valence-electron chi connectivity index (χ3n) is 11.8. The van der Waals surface area contributed by atoms with E-state index in [0.717, 1.165) is 33.6 Å². The summed E-state index contributed by atoms with van der Waals surface area (Å²) in [4.78, 5) is 5.20. The van der Waals surface area contributed by atoms with E-state index in [2.05, 4.69) is 196 Å². The zero-order valence-electron chi connectivity index (χ0n) is 30.0. The van der Waals surface area contributed by atoms with Gasteiger partial charge < -0.3 is 9.13 Å². The summed E-state index contributed by atoms with van der Waals surface area (Å²) in [5, 5.41) is 8.67. The van der Waals surface area contributed by atoms with Crippen LogP contribution in [0, 0.1) is 0 Å². The second kappa shape index (κ2) is 11.2. The molecule has 13 rings (SSSR count). The minimum absolute atomic E-state index is 1.00. The van der Waals surface area contributed by atoms with E-state index in [1.54, 1.807) is 0 Å². The van der Waals surface area contributed by atoms with Gasteiger partial charge in [-0.05, 0) is 77.9 Å². The van der Waals surface area contributed by atoms with Crippen LogP contribution in [0.15, 0.2) is 182 Å². The van der Waals surface area contributed by atoms with Gasteiger partial charge in [-0.25, -0.2) is 4.98 Å². The Morgan fingerprint density at radius 1 is 0.375 bits per heavy atom. The number of benzene rings is 8. The number of hydrogen-bond acceptors (Lipinski definition) is 2. The van der Waals surface area contributed by atoms with Gasteiger partial charge in [0.1, 0.15) is 5.65 Å². The number of pyridine rings is 1. The molecule has 4 nitrogen and oxygen atoms in total. The van der Waals surface area contributed by atoms with Gasteiger partial charge in [0.2, 0.25) is 0 Å². The van der Waals surface area contributed by atoms with Gasteiger partial charge in [-0.3, -0.25) is 4.40 Å². The Labute approximate surface area is 324 Å². The Morgan fingerprint density at radius 2 is 0.857 bits per heavy atom. The molecular weight excluding hydrogens is 701 g/mol. The Balaban J connectivity index is 1.15. The SMILES string of the molecule is c1ccc2c(c1)nc1c3ccccc3c3sc4ccc(-c5cc(-n6c7ccccc7c7ccccc76)cc(-n6c7ccccc7c7ccccc76)c5)cc4c3n21. The van der Waals surface area contributed by atoms with Crippen LogP contribution < -0.4 is 0 Å². The molecule has 56 heavy (non-hydrogen) atoms. The van der Waals surface area contributed by atoms with E-state index < -0.39 is 0 Å². The maximum Gasteiger partial charge on any atom is 0.146 e. The summed E-state index contributed by atoms with van der Waals surface area (Å²) in [6, 6.07) is 66.5. The van der Waals surface area contributed by atoms with Crippen molar-refractivity contribution in [3.8, 4) is 22.5 Å². The van der Waals surface area contributed by atoms with Crippen molar-refractivity contribution < 1.29 is 0 Å². The minimum atomic E-state index is 1.00. The molecule has 0 bridgehead atoms. The summed E-state index contributed by atoms with van der Waals surface area (Å²) >= 11 is 1.87. The van der Waals surface area contributed by atoms with Crippen LogP contribution in [0.4, 0.5) is 0 Å². The minimum Gasteiger partial charge on any atom is -0.309 e. The topological polar surface area (TPSA) is 27.2 Å². The number of nitrogens with zero attached hydrogens (tertiary/aromatic N) is 4. The first-order chi connectivity index (χ1) is 27.8. The van der Waals surface area contributed by atoms with E-state index in [4.69, 9.17) is 4.98 Å². The molecule has 0 radical (unpaired) electrons. The fraction of sp³-hybridized carbons (Fsp3) is 0. The summed E-state index contributed by atoms with van der Waals surface area (Å²) in [6.45, 7) is 0. The molecule has 5 heterocycles. The third-order valence-corrected chi connectivity index (χ3v) is 13.0. The van der Waals surface area contributed by atoms with Crippen LogP contribution in [-0.4, -0.2) is 18.5 Å². The van der Waals surface area contributed by atoms with Crippen LogP contribution in [0.2, 0.25) is 0 Å². The molecule has 0 amide bonds. The molecule has 0 atom stereocenters. The highest BCUT2D eigenvalue weighted by Crippen LogP contribution is 2.44. The second-order valence-corrected chi connectivity index (χ2v) is 15.8. The maximum atomic E-state index is 5.20. The van der Waals surface area contributed by atoms with Crippen LogP contribution in [-0.2, 0) is 0 Å². The van der Waals surface area contributed by atoms with E-state index in [9.17, 15) is 0 Å². The first-order valence-corrected chi connectivity index (χ1v) is 19.9. The molecule has 0 N–H and O–H groups in total. The van der Waals surface area contributed by atoms with Gasteiger partial charge in [0.15, 0.2) is 0 Å². The molecule has 260 valence electrons. The van der Waals surface area contributed by atoms with Crippen molar-refractivity contribution in [3.63, 3.8) is 0 Å². The maximum absolute atomic E-state index is 5.20. The molecule has 0 fully saturated rings. The normalized spacial score (nSPS) is 12.3. The first-order valence-electron chi connectivity index (χ1n) is 19.1. The number of para-hydroxylation sites is 6. The Kier molecular flexibility index (Phi) is 6.01. The fourth-order valence-corrected chi connectivity index (χ4v) is 10.6. The van der Waals surface area contributed by atoms with E-state index in [0.29, 0.717) is 0 Å². The number of fused-ring (bicyclic) bond motifs is 16. The van der Waals surface area contributed by atoms with Gasteiger partial charge in [-0.15, -0.1) is 11.3 Å². The quantitative estimate of drug-likeness (QED) is 0.178. The summed E-state index contributed by atoms with van der Waals surface area (Å²) in [7, 11) is 0. The largest absolute Gasteiger partial charge is 0.309 e. The van der Waals surface area contributed by atoms with Gasteiger partial charge in [0.25, 0.3) is 0 Å². The van der Waals surface area contributed by atoms with E-state index >= 15 is 0 Å². The fourth-order valence-electron chi connectivity index (χ4n) is 9.40. The van der Waals surface area contributed by atoms with Crippen LogP contribution in [0.5, 0.6) is 0 Å². The molecule has 0 aliphatic carbocycles. The van der Waals surface area contributed by atoms with Crippen LogP contribution in [0.1, 0.15) is 0 Å². The molecule has 5 aromatic heterocycles. The van der Waals surface area contributed by atoms with Crippen molar-refractivity contribution in [3.05, 3.63) is 182 Å². The number of imidazole rings is 1. The predicted octanol–water partition coefficient (Wildman–Crippen LogP) is 13.9. The van der Waals surface area contributed by atoms with Crippen molar-refractivity contribution >= 4 is 103 Å². The van der Waals surface area contributed by atoms with Gasteiger partial charge in [0.05, 0.1) is 43.3 Å². The number of hydrogen-bond donors (Lipinski definition) is 0. The zero-order valence-corrected chi connectivity index (χ0v) is 30.8. The monoisotopic (exact) mass is 730 g/mol. The van der Waals surface area contributed by atoms with Gasteiger partial charge in [-0.2, -0.15) is 0 Å². The lowest BCUT2D eigenvalue weighted by atomic mass is 10.0. The Morgan fingerprint density at radius 3 is 1.43 bits per heavy atom. The van der Waals surface area contributed by atoms with Crippen molar-refractivity contribution in [1.29, 1.82) is 0 Å². The van der Waals surface area contributed by atoms with E-state index in [1.165, 1.54) is 80.3 Å². The molecule has 0 unspecified atom stereocenters. The predicted molar refractivity (Wildman–Crippen MR) is 237 cm³/mol. The lowest BCUT2D eigenvalue weighted by Crippen LogP contribution is -2.00. The number of rotatable bonds is 3. The number of aromatic nitrogens is 4. The summed E-state index contributed by atoms with van der Waals surface area (Å²) in [5.74, 6) is 0. The van der Waals surface area contributed by atoms with E-state index in [-0.39, 0.29) is 0 Å². The molecule has 0 saturated carbocycles. The molecule has 13 aromatic rings.